The third-order valence-corrected chi connectivity index (χ3v) is 5.12. The lowest BCUT2D eigenvalue weighted by Gasteiger charge is -2.32. The number of nitrogens with one attached hydrogen (secondary N) is 2. The van der Waals surface area contributed by atoms with Gasteiger partial charge in [0.05, 0.1) is 12.1 Å². The molecule has 3 rings (SSSR count). The highest BCUT2D eigenvalue weighted by Crippen LogP contribution is 2.37. The van der Waals surface area contributed by atoms with Crippen molar-refractivity contribution in [2.24, 2.45) is 5.92 Å². The number of hydrogen-bond acceptors (Lipinski definition) is 3. The molecule has 0 saturated heterocycles. The lowest BCUT2D eigenvalue weighted by Crippen LogP contribution is -2.53. The number of amides is 2. The number of fused-ring (bicyclic) bond motifs is 1. The highest BCUT2D eigenvalue weighted by Gasteiger charge is 2.35. The third-order valence-electron chi connectivity index (χ3n) is 5.12. The first-order valence-electron chi connectivity index (χ1n) is 8.85. The Morgan fingerprint density at radius 1 is 1.12 bits per heavy atom. The van der Waals surface area contributed by atoms with Gasteiger partial charge in [0.15, 0.2) is 0 Å². The molecule has 24 heavy (non-hydrogen) atoms. The van der Waals surface area contributed by atoms with Gasteiger partial charge < -0.3 is 15.7 Å². The summed E-state index contributed by atoms with van der Waals surface area (Å²) in [7, 11) is 0. The van der Waals surface area contributed by atoms with Crippen molar-refractivity contribution in [3.05, 3.63) is 35.4 Å². The Labute approximate surface area is 142 Å². The molecule has 2 aliphatic carbocycles. The van der Waals surface area contributed by atoms with E-state index < -0.39 is 12.1 Å². The Balaban J connectivity index is 1.70. The number of hydrogen-bond donors (Lipinski definition) is 3. The van der Waals surface area contributed by atoms with E-state index in [1.54, 1.807) is 0 Å². The van der Waals surface area contributed by atoms with Gasteiger partial charge in [0, 0.05) is 5.92 Å². The molecule has 0 heterocycles. The van der Waals surface area contributed by atoms with E-state index in [2.05, 4.69) is 29.7 Å². The van der Waals surface area contributed by atoms with Gasteiger partial charge in [0.2, 0.25) is 11.8 Å². The molecule has 1 fully saturated rings. The van der Waals surface area contributed by atoms with Gasteiger partial charge in [-0.3, -0.25) is 9.59 Å². The van der Waals surface area contributed by atoms with Crippen molar-refractivity contribution in [2.75, 3.05) is 0 Å². The molecule has 1 saturated carbocycles. The number of benzene rings is 1. The van der Waals surface area contributed by atoms with Crippen LogP contribution < -0.4 is 10.6 Å². The van der Waals surface area contributed by atoms with Crippen LogP contribution in [0.1, 0.15) is 62.6 Å². The molecule has 1 aromatic carbocycles. The van der Waals surface area contributed by atoms with Crippen LogP contribution in [0.25, 0.3) is 0 Å². The van der Waals surface area contributed by atoms with Crippen molar-refractivity contribution < 1.29 is 14.7 Å². The standard InChI is InChI=1S/C19H26N2O3/c1-11-7-10-16(15-6-4-3-5-14(11)15)20-19(24)17(12(2)22)21-18(23)13-8-9-13/h3-6,11-13,16-17,22H,7-10H2,1-2H3,(H,20,24)(H,21,23)/t11-,12+,16+,17-/m1/s1. The Kier molecular flexibility index (Phi) is 4.90. The molecule has 0 spiro atoms. The summed E-state index contributed by atoms with van der Waals surface area (Å²) in [6, 6.07) is 7.20. The Morgan fingerprint density at radius 2 is 1.79 bits per heavy atom. The average Bonchev–Trinajstić information content (AvgIpc) is 3.40. The molecule has 3 N–H and O–H groups in total. The monoisotopic (exact) mass is 330 g/mol. The summed E-state index contributed by atoms with van der Waals surface area (Å²) in [6.45, 7) is 3.74. The second kappa shape index (κ2) is 6.93. The maximum Gasteiger partial charge on any atom is 0.245 e. The molecule has 0 bridgehead atoms. The summed E-state index contributed by atoms with van der Waals surface area (Å²) in [5.74, 6) is 0.0499. The van der Waals surface area contributed by atoms with Gasteiger partial charge in [-0.05, 0) is 49.7 Å². The van der Waals surface area contributed by atoms with Crippen LogP contribution in [-0.4, -0.2) is 29.1 Å². The first-order valence-corrected chi connectivity index (χ1v) is 8.85. The normalized spacial score (nSPS) is 25.3. The summed E-state index contributed by atoms with van der Waals surface area (Å²) in [5.41, 5.74) is 2.41. The summed E-state index contributed by atoms with van der Waals surface area (Å²) in [6.07, 6.45) is 2.69. The Hall–Kier alpha value is -1.88. The maximum absolute atomic E-state index is 12.6. The van der Waals surface area contributed by atoms with Crippen molar-refractivity contribution in [3.8, 4) is 0 Å². The number of carbonyl (C=O) groups is 2. The third kappa shape index (κ3) is 3.61. The van der Waals surface area contributed by atoms with E-state index in [1.165, 1.54) is 12.5 Å². The van der Waals surface area contributed by atoms with E-state index in [4.69, 9.17) is 0 Å². The maximum atomic E-state index is 12.6. The number of aliphatic hydroxyl groups is 1. The fraction of sp³-hybridized carbons (Fsp3) is 0.579. The second-order valence-corrected chi connectivity index (χ2v) is 7.17. The van der Waals surface area contributed by atoms with Crippen LogP contribution >= 0.6 is 0 Å². The van der Waals surface area contributed by atoms with Gasteiger partial charge in [-0.2, -0.15) is 0 Å². The van der Waals surface area contributed by atoms with Crippen LogP contribution in [0.5, 0.6) is 0 Å². The molecule has 5 heteroatoms. The minimum Gasteiger partial charge on any atom is -0.391 e. The Morgan fingerprint density at radius 3 is 2.42 bits per heavy atom. The molecule has 2 amide bonds. The highest BCUT2D eigenvalue weighted by atomic mass is 16.3. The first kappa shape index (κ1) is 17.0. The predicted molar refractivity (Wildman–Crippen MR) is 91.3 cm³/mol. The topological polar surface area (TPSA) is 78.4 Å². The van der Waals surface area contributed by atoms with Crippen molar-refractivity contribution in [1.29, 1.82) is 0 Å². The van der Waals surface area contributed by atoms with Gasteiger partial charge in [-0.25, -0.2) is 0 Å². The zero-order chi connectivity index (χ0) is 17.3. The first-order chi connectivity index (χ1) is 11.5. The zero-order valence-corrected chi connectivity index (χ0v) is 14.3. The minimum absolute atomic E-state index is 0.00954. The fourth-order valence-corrected chi connectivity index (χ4v) is 3.44. The Bertz CT molecular complexity index is 625. The van der Waals surface area contributed by atoms with Crippen LogP contribution in [0.3, 0.4) is 0 Å². The lowest BCUT2D eigenvalue weighted by molar-refractivity contribution is -0.132. The van der Waals surface area contributed by atoms with E-state index in [-0.39, 0.29) is 23.8 Å². The van der Waals surface area contributed by atoms with Crippen molar-refractivity contribution in [2.45, 2.75) is 63.6 Å². The molecule has 0 radical (unpaired) electrons. The van der Waals surface area contributed by atoms with E-state index >= 15 is 0 Å². The molecule has 0 aromatic heterocycles. The average molecular weight is 330 g/mol. The molecule has 130 valence electrons. The smallest absolute Gasteiger partial charge is 0.245 e. The fourth-order valence-electron chi connectivity index (χ4n) is 3.44. The van der Waals surface area contributed by atoms with Crippen LogP contribution in [-0.2, 0) is 9.59 Å². The zero-order valence-electron chi connectivity index (χ0n) is 14.3. The molecular weight excluding hydrogens is 304 g/mol. The van der Waals surface area contributed by atoms with E-state index in [9.17, 15) is 14.7 Å². The number of aliphatic hydroxyl groups excluding tert-OH is 1. The molecule has 4 atom stereocenters. The summed E-state index contributed by atoms with van der Waals surface area (Å²) in [5, 5.41) is 15.7. The molecular formula is C19H26N2O3. The van der Waals surface area contributed by atoms with Gasteiger partial charge >= 0.3 is 0 Å². The van der Waals surface area contributed by atoms with E-state index in [0.29, 0.717) is 5.92 Å². The molecule has 2 aliphatic rings. The van der Waals surface area contributed by atoms with Crippen molar-refractivity contribution in [1.82, 2.24) is 10.6 Å². The molecule has 1 aromatic rings. The van der Waals surface area contributed by atoms with Crippen LogP contribution in [0.2, 0.25) is 0 Å². The molecule has 0 unspecified atom stereocenters. The van der Waals surface area contributed by atoms with E-state index in [0.717, 1.165) is 31.2 Å². The van der Waals surface area contributed by atoms with E-state index in [1.807, 2.05) is 12.1 Å². The van der Waals surface area contributed by atoms with Crippen LogP contribution in [0.15, 0.2) is 24.3 Å². The van der Waals surface area contributed by atoms with Gasteiger partial charge in [0.25, 0.3) is 0 Å². The summed E-state index contributed by atoms with van der Waals surface area (Å²) in [4.78, 5) is 24.6. The van der Waals surface area contributed by atoms with Crippen molar-refractivity contribution >= 4 is 11.8 Å². The van der Waals surface area contributed by atoms with Crippen LogP contribution in [0.4, 0.5) is 0 Å². The largest absolute Gasteiger partial charge is 0.391 e. The summed E-state index contributed by atoms with van der Waals surface area (Å²) >= 11 is 0. The number of carbonyl (C=O) groups excluding carboxylic acids is 2. The SMILES string of the molecule is C[C@@H]1CC[C@H](NC(=O)[C@H](NC(=O)C2CC2)[C@H](C)O)c2ccccc21. The highest BCUT2D eigenvalue weighted by molar-refractivity contribution is 5.90. The summed E-state index contributed by atoms with van der Waals surface area (Å²) < 4.78 is 0. The predicted octanol–water partition coefficient (Wildman–Crippen LogP) is 2.02. The van der Waals surface area contributed by atoms with Gasteiger partial charge in [0.1, 0.15) is 6.04 Å². The lowest BCUT2D eigenvalue weighted by atomic mass is 9.81. The van der Waals surface area contributed by atoms with Gasteiger partial charge in [-0.15, -0.1) is 0 Å². The second-order valence-electron chi connectivity index (χ2n) is 7.17. The molecule has 0 aliphatic heterocycles. The number of rotatable bonds is 5. The van der Waals surface area contributed by atoms with Crippen LogP contribution in [0, 0.1) is 5.92 Å². The minimum atomic E-state index is -0.926. The van der Waals surface area contributed by atoms with Crippen molar-refractivity contribution in [3.63, 3.8) is 0 Å². The quantitative estimate of drug-likeness (QED) is 0.773. The molecule has 5 nitrogen and oxygen atoms in total. The van der Waals surface area contributed by atoms with Gasteiger partial charge in [-0.1, -0.05) is 31.2 Å².